The topological polar surface area (TPSA) is 97.2 Å². The first-order chi connectivity index (χ1) is 12.5. The van der Waals surface area contributed by atoms with E-state index in [1.54, 1.807) is 30.3 Å². The van der Waals surface area contributed by atoms with Crippen molar-refractivity contribution in [3.63, 3.8) is 0 Å². The van der Waals surface area contributed by atoms with E-state index < -0.39 is 0 Å². The number of nitrogen functional groups attached to an aromatic ring is 1. The van der Waals surface area contributed by atoms with Crippen molar-refractivity contribution in [3.8, 4) is 11.6 Å². The Labute approximate surface area is 150 Å². The third-order valence-corrected chi connectivity index (χ3v) is 4.15. The molecule has 3 rings (SSSR count). The monoisotopic (exact) mass is 355 g/mol. The van der Waals surface area contributed by atoms with Crippen LogP contribution in [-0.4, -0.2) is 33.8 Å². The van der Waals surface area contributed by atoms with E-state index in [2.05, 4.69) is 10.2 Å². The van der Waals surface area contributed by atoms with Crippen molar-refractivity contribution in [3.05, 3.63) is 64.2 Å². The van der Waals surface area contributed by atoms with E-state index in [0.29, 0.717) is 23.7 Å². The summed E-state index contributed by atoms with van der Waals surface area (Å²) < 4.78 is 13.5. The molecule has 0 aliphatic heterocycles. The zero-order valence-corrected chi connectivity index (χ0v) is 14.9. The van der Waals surface area contributed by atoms with Crippen LogP contribution in [0, 0.1) is 0 Å². The summed E-state index contributed by atoms with van der Waals surface area (Å²) in [6.07, 6.45) is 3.23. The predicted molar refractivity (Wildman–Crippen MR) is 97.6 cm³/mol. The summed E-state index contributed by atoms with van der Waals surface area (Å²) in [6.45, 7) is 2.20. The maximum atomic E-state index is 12.9. The molecule has 0 spiro atoms. The third kappa shape index (κ3) is 3.53. The number of rotatable bonds is 6. The summed E-state index contributed by atoms with van der Waals surface area (Å²) in [5, 5.41) is 8.46. The van der Waals surface area contributed by atoms with Crippen LogP contribution in [0.15, 0.2) is 47.5 Å². The average molecular weight is 355 g/mol. The molecule has 0 amide bonds. The van der Waals surface area contributed by atoms with Gasteiger partial charge in [0.25, 0.3) is 5.56 Å². The first-order valence-corrected chi connectivity index (χ1v) is 8.10. The molecule has 26 heavy (non-hydrogen) atoms. The molecule has 8 nitrogen and oxygen atoms in total. The Morgan fingerprint density at radius 3 is 2.50 bits per heavy atom. The average Bonchev–Trinajstić information content (AvgIpc) is 3.10. The number of aromatic nitrogens is 4. The van der Waals surface area contributed by atoms with Crippen LogP contribution >= 0.6 is 0 Å². The first kappa shape index (κ1) is 17.5. The quantitative estimate of drug-likeness (QED) is 0.723. The molecule has 0 saturated carbocycles. The van der Waals surface area contributed by atoms with Crippen molar-refractivity contribution in [2.45, 2.75) is 19.5 Å². The van der Waals surface area contributed by atoms with Crippen LogP contribution < -0.4 is 20.8 Å². The van der Waals surface area contributed by atoms with Crippen LogP contribution in [0.25, 0.3) is 0 Å². The molecule has 0 aliphatic rings. The summed E-state index contributed by atoms with van der Waals surface area (Å²) >= 11 is 0. The van der Waals surface area contributed by atoms with Crippen molar-refractivity contribution in [1.82, 2.24) is 19.6 Å². The molecule has 0 bridgehead atoms. The standard InChI is InChI=1S/C18H21N5O3/c1-12(22-11-14(19)9-20-22)16-8-17(26-3)21-23(18(16)24)10-13-4-6-15(25-2)7-5-13/h4-9,11-12H,10,19H2,1-3H3. The minimum Gasteiger partial charge on any atom is -0.497 e. The third-order valence-electron chi connectivity index (χ3n) is 4.15. The van der Waals surface area contributed by atoms with Crippen LogP contribution in [0.1, 0.15) is 24.1 Å². The highest BCUT2D eigenvalue weighted by atomic mass is 16.5. The SMILES string of the molecule is COc1ccc(Cn2nc(OC)cc(C(C)n3cc(N)cn3)c2=O)cc1. The van der Waals surface area contributed by atoms with Gasteiger partial charge in [-0.05, 0) is 24.6 Å². The molecule has 136 valence electrons. The summed E-state index contributed by atoms with van der Waals surface area (Å²) in [5.41, 5.74) is 7.51. The molecular formula is C18H21N5O3. The van der Waals surface area contributed by atoms with Gasteiger partial charge in [0.2, 0.25) is 5.88 Å². The molecule has 1 aromatic carbocycles. The Hall–Kier alpha value is -3.29. The normalized spacial score (nSPS) is 12.0. The predicted octanol–water partition coefficient (Wildman–Crippen LogP) is 1.70. The van der Waals surface area contributed by atoms with Gasteiger partial charge in [-0.2, -0.15) is 5.10 Å². The van der Waals surface area contributed by atoms with E-state index >= 15 is 0 Å². The highest BCUT2D eigenvalue weighted by Crippen LogP contribution is 2.18. The molecule has 1 unspecified atom stereocenters. The number of nitrogens with two attached hydrogens (primary N) is 1. The second-order valence-electron chi connectivity index (χ2n) is 5.88. The zero-order valence-electron chi connectivity index (χ0n) is 14.9. The Balaban J connectivity index is 1.98. The van der Waals surface area contributed by atoms with Gasteiger partial charge < -0.3 is 15.2 Å². The maximum Gasteiger partial charge on any atom is 0.272 e. The van der Waals surface area contributed by atoms with Crippen molar-refractivity contribution < 1.29 is 9.47 Å². The molecular weight excluding hydrogens is 334 g/mol. The molecule has 0 aliphatic carbocycles. The fourth-order valence-corrected chi connectivity index (χ4v) is 2.65. The van der Waals surface area contributed by atoms with Gasteiger partial charge in [0, 0.05) is 17.8 Å². The number of benzene rings is 1. The molecule has 2 aromatic heterocycles. The van der Waals surface area contributed by atoms with Gasteiger partial charge in [0.05, 0.1) is 38.7 Å². The number of ether oxygens (including phenoxy) is 2. The number of hydrogen-bond donors (Lipinski definition) is 1. The lowest BCUT2D eigenvalue weighted by Crippen LogP contribution is -2.29. The Kier molecular flexibility index (Phi) is 4.92. The van der Waals surface area contributed by atoms with Crippen molar-refractivity contribution in [2.24, 2.45) is 0 Å². The van der Waals surface area contributed by atoms with Gasteiger partial charge in [-0.25, -0.2) is 4.68 Å². The number of nitrogens with zero attached hydrogens (tertiary/aromatic N) is 4. The smallest absolute Gasteiger partial charge is 0.272 e. The second kappa shape index (κ2) is 7.30. The van der Waals surface area contributed by atoms with Gasteiger partial charge in [0.15, 0.2) is 0 Å². The van der Waals surface area contributed by atoms with E-state index in [0.717, 1.165) is 11.3 Å². The number of methoxy groups -OCH3 is 2. The molecule has 8 heteroatoms. The first-order valence-electron chi connectivity index (χ1n) is 8.10. The summed E-state index contributed by atoms with van der Waals surface area (Å²) in [4.78, 5) is 12.9. The van der Waals surface area contributed by atoms with E-state index in [1.165, 1.54) is 11.8 Å². The molecule has 2 N–H and O–H groups in total. The van der Waals surface area contributed by atoms with Crippen molar-refractivity contribution in [1.29, 1.82) is 0 Å². The Bertz CT molecular complexity index is 946. The molecule has 0 saturated heterocycles. The molecule has 0 fully saturated rings. The zero-order chi connectivity index (χ0) is 18.7. The molecule has 2 heterocycles. The van der Waals surface area contributed by atoms with E-state index in [4.69, 9.17) is 15.2 Å². The van der Waals surface area contributed by atoms with Crippen LogP contribution in [0.2, 0.25) is 0 Å². The summed E-state index contributed by atoms with van der Waals surface area (Å²) in [7, 11) is 3.13. The van der Waals surface area contributed by atoms with E-state index in [-0.39, 0.29) is 11.6 Å². The maximum absolute atomic E-state index is 12.9. The largest absolute Gasteiger partial charge is 0.497 e. The minimum atomic E-state index is -0.307. The van der Waals surface area contributed by atoms with Gasteiger partial charge in [0.1, 0.15) is 5.75 Å². The lowest BCUT2D eigenvalue weighted by molar-refractivity contribution is 0.375. The Morgan fingerprint density at radius 2 is 1.92 bits per heavy atom. The fourth-order valence-electron chi connectivity index (χ4n) is 2.65. The highest BCUT2D eigenvalue weighted by Gasteiger charge is 2.17. The minimum absolute atomic E-state index is 0.205. The second-order valence-corrected chi connectivity index (χ2v) is 5.88. The molecule has 1 atom stereocenters. The fraction of sp³-hybridized carbons (Fsp3) is 0.278. The van der Waals surface area contributed by atoms with Gasteiger partial charge >= 0.3 is 0 Å². The lowest BCUT2D eigenvalue weighted by atomic mass is 10.1. The van der Waals surface area contributed by atoms with Crippen LogP contribution in [0.5, 0.6) is 11.6 Å². The van der Waals surface area contributed by atoms with E-state index in [1.807, 2.05) is 31.2 Å². The van der Waals surface area contributed by atoms with Crippen LogP contribution in [0.4, 0.5) is 5.69 Å². The van der Waals surface area contributed by atoms with Gasteiger partial charge in [-0.3, -0.25) is 9.48 Å². The lowest BCUT2D eigenvalue weighted by Gasteiger charge is -2.15. The van der Waals surface area contributed by atoms with Crippen molar-refractivity contribution >= 4 is 5.69 Å². The highest BCUT2D eigenvalue weighted by molar-refractivity contribution is 5.32. The van der Waals surface area contributed by atoms with Crippen molar-refractivity contribution in [2.75, 3.05) is 20.0 Å². The summed E-state index contributed by atoms with van der Waals surface area (Å²) in [6, 6.07) is 8.80. The molecule has 0 radical (unpaired) electrons. The van der Waals surface area contributed by atoms with Crippen LogP contribution in [-0.2, 0) is 6.54 Å². The van der Waals surface area contributed by atoms with Gasteiger partial charge in [-0.1, -0.05) is 12.1 Å². The number of hydrogen-bond acceptors (Lipinski definition) is 6. The molecule has 3 aromatic rings. The van der Waals surface area contributed by atoms with Crippen LogP contribution in [0.3, 0.4) is 0 Å². The Morgan fingerprint density at radius 1 is 1.19 bits per heavy atom. The number of anilines is 1. The van der Waals surface area contributed by atoms with E-state index in [9.17, 15) is 4.79 Å². The summed E-state index contributed by atoms with van der Waals surface area (Å²) in [5.74, 6) is 1.12. The van der Waals surface area contributed by atoms with Gasteiger partial charge in [-0.15, -0.1) is 5.10 Å².